The molecule has 0 amide bonds. The molecule has 0 atom stereocenters. The van der Waals surface area contributed by atoms with Crippen molar-refractivity contribution in [1.29, 1.82) is 0 Å². The average Bonchev–Trinajstić information content (AvgIpc) is 2.48. The summed E-state index contributed by atoms with van der Waals surface area (Å²) in [6.45, 7) is 2.18. The van der Waals surface area contributed by atoms with Crippen molar-refractivity contribution >= 4 is 27.5 Å². The van der Waals surface area contributed by atoms with Crippen LogP contribution in [-0.2, 0) is 11.3 Å². The molecule has 0 saturated heterocycles. The fourth-order valence-corrected chi connectivity index (χ4v) is 2.39. The van der Waals surface area contributed by atoms with Gasteiger partial charge in [0.25, 0.3) is 0 Å². The Morgan fingerprint density at radius 3 is 2.71 bits per heavy atom. The summed E-state index contributed by atoms with van der Waals surface area (Å²) < 4.78 is 11.7. The highest BCUT2D eigenvalue weighted by molar-refractivity contribution is 9.10. The summed E-state index contributed by atoms with van der Waals surface area (Å²) in [5.41, 5.74) is 1.03. The normalized spacial score (nSPS) is 10.6. The molecule has 1 N–H and O–H groups in total. The van der Waals surface area contributed by atoms with Gasteiger partial charge in [-0.25, -0.2) is 0 Å². The van der Waals surface area contributed by atoms with E-state index in [2.05, 4.69) is 21.2 Å². The highest BCUT2D eigenvalue weighted by Crippen LogP contribution is 2.31. The summed E-state index contributed by atoms with van der Waals surface area (Å²) >= 11 is 9.74. The lowest BCUT2D eigenvalue weighted by atomic mass is 10.2. The van der Waals surface area contributed by atoms with Gasteiger partial charge in [-0.3, -0.25) is 0 Å². The molecule has 0 unspecified atom stereocenters. The van der Waals surface area contributed by atoms with E-state index in [0.29, 0.717) is 23.9 Å². The van der Waals surface area contributed by atoms with Crippen molar-refractivity contribution in [2.45, 2.75) is 6.54 Å². The van der Waals surface area contributed by atoms with Crippen molar-refractivity contribution in [3.05, 3.63) is 57.5 Å². The van der Waals surface area contributed by atoms with Crippen LogP contribution in [0.1, 0.15) is 5.56 Å². The van der Waals surface area contributed by atoms with E-state index in [1.165, 1.54) is 0 Å². The Morgan fingerprint density at radius 2 is 2.00 bits per heavy atom. The van der Waals surface area contributed by atoms with E-state index in [4.69, 9.17) is 21.1 Å². The Morgan fingerprint density at radius 1 is 1.19 bits per heavy atom. The van der Waals surface area contributed by atoms with Crippen molar-refractivity contribution in [2.75, 3.05) is 20.3 Å². The fourth-order valence-electron chi connectivity index (χ4n) is 1.79. The zero-order valence-electron chi connectivity index (χ0n) is 11.7. The molecule has 2 rings (SSSR count). The summed E-state index contributed by atoms with van der Waals surface area (Å²) in [6.07, 6.45) is 0. The van der Waals surface area contributed by atoms with E-state index in [1.807, 2.05) is 42.5 Å². The second-order valence-electron chi connectivity index (χ2n) is 4.46. The molecule has 2 aromatic carbocycles. The molecule has 0 aromatic heterocycles. The van der Waals surface area contributed by atoms with Gasteiger partial charge in [0.15, 0.2) is 0 Å². The largest absolute Gasteiger partial charge is 0.456 e. The molecular formula is C16H17BrClNO2. The SMILES string of the molecule is COCCNCc1ccc(Oc2ccccc2Br)cc1Cl. The summed E-state index contributed by atoms with van der Waals surface area (Å²) in [7, 11) is 1.68. The highest BCUT2D eigenvalue weighted by Gasteiger charge is 2.05. The Labute approximate surface area is 138 Å². The number of para-hydroxylation sites is 1. The third-order valence-electron chi connectivity index (χ3n) is 2.89. The molecule has 0 aliphatic rings. The van der Waals surface area contributed by atoms with Crippen molar-refractivity contribution in [1.82, 2.24) is 5.32 Å². The third-order valence-corrected chi connectivity index (χ3v) is 3.89. The summed E-state index contributed by atoms with van der Waals surface area (Å²) in [5.74, 6) is 1.48. The lowest BCUT2D eigenvalue weighted by molar-refractivity contribution is 0.199. The van der Waals surface area contributed by atoms with Gasteiger partial charge >= 0.3 is 0 Å². The van der Waals surface area contributed by atoms with Crippen LogP contribution in [-0.4, -0.2) is 20.3 Å². The van der Waals surface area contributed by atoms with Crippen LogP contribution in [0.4, 0.5) is 0 Å². The third kappa shape index (κ3) is 5.00. The molecule has 0 saturated carbocycles. The second-order valence-corrected chi connectivity index (χ2v) is 5.72. The van der Waals surface area contributed by atoms with Gasteiger partial charge < -0.3 is 14.8 Å². The van der Waals surface area contributed by atoms with Crippen LogP contribution in [0, 0.1) is 0 Å². The first-order valence-electron chi connectivity index (χ1n) is 6.61. The Bertz CT molecular complexity index is 592. The Kier molecular flexibility index (Phi) is 6.51. The maximum atomic E-state index is 6.29. The van der Waals surface area contributed by atoms with Crippen LogP contribution >= 0.6 is 27.5 Å². The Balaban J connectivity index is 2.00. The fraction of sp³-hybridized carbons (Fsp3) is 0.250. The van der Waals surface area contributed by atoms with Crippen molar-refractivity contribution in [3.8, 4) is 11.5 Å². The van der Waals surface area contributed by atoms with Crippen LogP contribution in [0.25, 0.3) is 0 Å². The molecule has 0 fully saturated rings. The summed E-state index contributed by atoms with van der Waals surface area (Å²) in [4.78, 5) is 0. The van der Waals surface area contributed by atoms with E-state index in [-0.39, 0.29) is 0 Å². The van der Waals surface area contributed by atoms with E-state index in [0.717, 1.165) is 22.3 Å². The first-order chi connectivity index (χ1) is 10.2. The molecule has 21 heavy (non-hydrogen) atoms. The lowest BCUT2D eigenvalue weighted by Crippen LogP contribution is -2.18. The highest BCUT2D eigenvalue weighted by atomic mass is 79.9. The van der Waals surface area contributed by atoms with Crippen molar-refractivity contribution < 1.29 is 9.47 Å². The molecule has 112 valence electrons. The van der Waals surface area contributed by atoms with E-state index in [1.54, 1.807) is 7.11 Å². The van der Waals surface area contributed by atoms with Gasteiger partial charge in [0.2, 0.25) is 0 Å². The minimum atomic E-state index is 0.681. The Hall–Kier alpha value is -1.07. The van der Waals surface area contributed by atoms with Gasteiger partial charge in [0.1, 0.15) is 11.5 Å². The zero-order valence-corrected chi connectivity index (χ0v) is 14.1. The molecular weight excluding hydrogens is 354 g/mol. The number of hydrogen-bond acceptors (Lipinski definition) is 3. The number of methoxy groups -OCH3 is 1. The predicted octanol–water partition coefficient (Wildman–Crippen LogP) is 4.63. The van der Waals surface area contributed by atoms with E-state index >= 15 is 0 Å². The van der Waals surface area contributed by atoms with Gasteiger partial charge in [0.05, 0.1) is 11.1 Å². The van der Waals surface area contributed by atoms with Crippen LogP contribution in [0.3, 0.4) is 0 Å². The van der Waals surface area contributed by atoms with E-state index in [9.17, 15) is 0 Å². The first kappa shape index (κ1) is 16.3. The smallest absolute Gasteiger partial charge is 0.141 e. The topological polar surface area (TPSA) is 30.5 Å². The number of rotatable bonds is 7. The molecule has 2 aromatic rings. The van der Waals surface area contributed by atoms with Crippen molar-refractivity contribution in [3.63, 3.8) is 0 Å². The maximum Gasteiger partial charge on any atom is 0.141 e. The second kappa shape index (κ2) is 8.39. The van der Waals surface area contributed by atoms with E-state index < -0.39 is 0 Å². The molecule has 5 heteroatoms. The average molecular weight is 371 g/mol. The van der Waals surface area contributed by atoms with Gasteiger partial charge in [-0.1, -0.05) is 29.8 Å². The summed E-state index contributed by atoms with van der Waals surface area (Å²) in [5, 5.41) is 3.95. The summed E-state index contributed by atoms with van der Waals surface area (Å²) in [6, 6.07) is 13.4. The molecule has 0 spiro atoms. The lowest BCUT2D eigenvalue weighted by Gasteiger charge is -2.10. The number of ether oxygens (including phenoxy) is 2. The number of hydrogen-bond donors (Lipinski definition) is 1. The molecule has 3 nitrogen and oxygen atoms in total. The maximum absolute atomic E-state index is 6.29. The monoisotopic (exact) mass is 369 g/mol. The first-order valence-corrected chi connectivity index (χ1v) is 7.78. The van der Waals surface area contributed by atoms with Gasteiger partial charge in [-0.2, -0.15) is 0 Å². The van der Waals surface area contributed by atoms with Crippen LogP contribution < -0.4 is 10.1 Å². The molecule has 0 aliphatic heterocycles. The minimum Gasteiger partial charge on any atom is -0.456 e. The molecule has 0 aliphatic carbocycles. The number of nitrogens with one attached hydrogen (secondary N) is 1. The van der Waals surface area contributed by atoms with Gasteiger partial charge in [-0.15, -0.1) is 0 Å². The predicted molar refractivity (Wildman–Crippen MR) is 89.3 cm³/mol. The molecule has 0 heterocycles. The van der Waals surface area contributed by atoms with Gasteiger partial charge in [0, 0.05) is 25.2 Å². The zero-order chi connectivity index (χ0) is 15.1. The molecule has 0 radical (unpaired) electrons. The van der Waals surface area contributed by atoms with Gasteiger partial charge in [-0.05, 0) is 45.8 Å². The standard InChI is InChI=1S/C16H17BrClNO2/c1-20-9-8-19-11-12-6-7-13(10-15(12)18)21-16-5-3-2-4-14(16)17/h2-7,10,19H,8-9,11H2,1H3. The number of benzene rings is 2. The minimum absolute atomic E-state index is 0.681. The van der Waals surface area contributed by atoms with Crippen LogP contribution in [0.15, 0.2) is 46.9 Å². The molecule has 0 bridgehead atoms. The van der Waals surface area contributed by atoms with Crippen LogP contribution in [0.5, 0.6) is 11.5 Å². The number of halogens is 2. The van der Waals surface area contributed by atoms with Crippen molar-refractivity contribution in [2.24, 2.45) is 0 Å². The van der Waals surface area contributed by atoms with Crippen LogP contribution in [0.2, 0.25) is 5.02 Å². The quantitative estimate of drug-likeness (QED) is 0.721.